The number of rotatable bonds is 6. The number of amides is 1. The molecule has 0 radical (unpaired) electrons. The van der Waals surface area contributed by atoms with Crippen LogP contribution in [-0.4, -0.2) is 28.6 Å². The average molecular weight is 268 g/mol. The van der Waals surface area contributed by atoms with E-state index < -0.39 is 0 Å². The van der Waals surface area contributed by atoms with Crippen molar-refractivity contribution in [3.8, 4) is 0 Å². The van der Waals surface area contributed by atoms with Crippen molar-refractivity contribution in [2.24, 2.45) is 11.8 Å². The van der Waals surface area contributed by atoms with Crippen LogP contribution in [0.5, 0.6) is 0 Å². The molecule has 0 aliphatic carbocycles. The Morgan fingerprint density at radius 2 is 1.79 bits per heavy atom. The summed E-state index contributed by atoms with van der Waals surface area (Å²) in [6.45, 7) is 15.2. The molecule has 1 aliphatic rings. The number of hydrogen-bond donors (Lipinski definition) is 1. The molecule has 1 rings (SSSR count). The van der Waals surface area contributed by atoms with Crippen molar-refractivity contribution in [1.29, 1.82) is 0 Å². The summed E-state index contributed by atoms with van der Waals surface area (Å²) in [5.74, 6) is 1.50. The van der Waals surface area contributed by atoms with E-state index in [1.54, 1.807) is 0 Å². The van der Waals surface area contributed by atoms with Crippen LogP contribution in [0.3, 0.4) is 0 Å². The summed E-state index contributed by atoms with van der Waals surface area (Å²) in [5.41, 5.74) is -0.370. The van der Waals surface area contributed by atoms with Crippen LogP contribution in [0.2, 0.25) is 0 Å². The van der Waals surface area contributed by atoms with Crippen LogP contribution in [0.15, 0.2) is 0 Å². The van der Waals surface area contributed by atoms with Crippen LogP contribution < -0.4 is 5.32 Å². The van der Waals surface area contributed by atoms with E-state index in [9.17, 15) is 4.79 Å². The monoisotopic (exact) mass is 268 g/mol. The molecule has 3 unspecified atom stereocenters. The van der Waals surface area contributed by atoms with Crippen molar-refractivity contribution < 1.29 is 4.79 Å². The normalized spacial score (nSPS) is 29.6. The highest BCUT2D eigenvalue weighted by atomic mass is 16.2. The maximum Gasteiger partial charge on any atom is 0.244 e. The fourth-order valence-electron chi connectivity index (χ4n) is 3.10. The van der Waals surface area contributed by atoms with E-state index in [1.807, 2.05) is 6.92 Å². The molecule has 112 valence electrons. The number of nitrogens with one attached hydrogen (secondary N) is 1. The minimum Gasteiger partial charge on any atom is -0.323 e. The van der Waals surface area contributed by atoms with Gasteiger partial charge in [-0.3, -0.25) is 10.1 Å². The van der Waals surface area contributed by atoms with Crippen molar-refractivity contribution >= 4 is 5.91 Å². The Balaban J connectivity index is 2.91. The smallest absolute Gasteiger partial charge is 0.244 e. The molecule has 0 spiro atoms. The highest BCUT2D eigenvalue weighted by molar-refractivity contribution is 5.88. The Kier molecular flexibility index (Phi) is 5.43. The van der Waals surface area contributed by atoms with Gasteiger partial charge in [0.1, 0.15) is 0 Å². The third kappa shape index (κ3) is 3.71. The van der Waals surface area contributed by atoms with E-state index in [2.05, 4.69) is 51.8 Å². The molecule has 1 amide bonds. The van der Waals surface area contributed by atoms with Gasteiger partial charge in [0.2, 0.25) is 5.91 Å². The fourth-order valence-corrected chi connectivity index (χ4v) is 3.10. The molecule has 0 bridgehead atoms. The first-order valence-electron chi connectivity index (χ1n) is 7.81. The van der Waals surface area contributed by atoms with Gasteiger partial charge in [-0.25, -0.2) is 0 Å². The molecule has 3 nitrogen and oxygen atoms in total. The topological polar surface area (TPSA) is 32.3 Å². The molecule has 1 saturated heterocycles. The lowest BCUT2D eigenvalue weighted by Gasteiger charge is -2.32. The second-order valence-corrected chi connectivity index (χ2v) is 7.17. The zero-order valence-electron chi connectivity index (χ0n) is 13.8. The molecule has 3 atom stereocenters. The highest BCUT2D eigenvalue weighted by Gasteiger charge is 2.48. The van der Waals surface area contributed by atoms with Gasteiger partial charge in [0.15, 0.2) is 0 Å². The average Bonchev–Trinajstić information content (AvgIpc) is 2.50. The Bertz CT molecular complexity index is 314. The van der Waals surface area contributed by atoms with Gasteiger partial charge >= 0.3 is 0 Å². The third-order valence-electron chi connectivity index (χ3n) is 4.22. The summed E-state index contributed by atoms with van der Waals surface area (Å²) >= 11 is 0. The van der Waals surface area contributed by atoms with Crippen molar-refractivity contribution in [2.75, 3.05) is 0 Å². The maximum atomic E-state index is 12.7. The minimum atomic E-state index is -0.370. The molecule has 1 fully saturated rings. The molecular formula is C16H32N2O. The third-order valence-corrected chi connectivity index (χ3v) is 4.22. The summed E-state index contributed by atoms with van der Waals surface area (Å²) in [6, 6.07) is 0.317. The molecule has 1 N–H and O–H groups in total. The summed E-state index contributed by atoms with van der Waals surface area (Å²) < 4.78 is 0. The summed E-state index contributed by atoms with van der Waals surface area (Å²) in [7, 11) is 0. The quantitative estimate of drug-likeness (QED) is 0.801. The van der Waals surface area contributed by atoms with E-state index in [1.165, 1.54) is 0 Å². The first-order chi connectivity index (χ1) is 8.71. The van der Waals surface area contributed by atoms with E-state index in [0.29, 0.717) is 17.9 Å². The molecule has 19 heavy (non-hydrogen) atoms. The van der Waals surface area contributed by atoms with E-state index in [0.717, 1.165) is 19.3 Å². The molecular weight excluding hydrogens is 236 g/mol. The van der Waals surface area contributed by atoms with Crippen LogP contribution in [-0.2, 0) is 4.79 Å². The second kappa shape index (κ2) is 6.25. The van der Waals surface area contributed by atoms with Crippen LogP contribution in [0.1, 0.15) is 67.7 Å². The Morgan fingerprint density at radius 1 is 1.21 bits per heavy atom. The lowest BCUT2D eigenvalue weighted by atomic mass is 9.98. The van der Waals surface area contributed by atoms with Gasteiger partial charge in [-0.2, -0.15) is 0 Å². The van der Waals surface area contributed by atoms with Crippen molar-refractivity contribution in [2.45, 2.75) is 85.5 Å². The van der Waals surface area contributed by atoms with Crippen molar-refractivity contribution in [3.05, 3.63) is 0 Å². The molecule has 1 aliphatic heterocycles. The minimum absolute atomic E-state index is 0.200. The lowest BCUT2D eigenvalue weighted by molar-refractivity contribution is -0.135. The van der Waals surface area contributed by atoms with Gasteiger partial charge in [0.25, 0.3) is 0 Å². The van der Waals surface area contributed by atoms with E-state index in [-0.39, 0.29) is 17.6 Å². The summed E-state index contributed by atoms with van der Waals surface area (Å²) in [6.07, 6.45) is 3.16. The van der Waals surface area contributed by atoms with Crippen LogP contribution in [0, 0.1) is 11.8 Å². The van der Waals surface area contributed by atoms with Crippen LogP contribution >= 0.6 is 0 Å². The fraction of sp³-hybridized carbons (Fsp3) is 0.938. The molecule has 0 aromatic heterocycles. The predicted octanol–water partition coefficient (Wildman–Crippen LogP) is 3.39. The van der Waals surface area contributed by atoms with Gasteiger partial charge in [0.05, 0.1) is 11.7 Å². The van der Waals surface area contributed by atoms with Gasteiger partial charge in [-0.05, 0) is 44.9 Å². The number of carbonyl (C=O) groups is 1. The van der Waals surface area contributed by atoms with Gasteiger partial charge < -0.3 is 4.90 Å². The Labute approximate surface area is 119 Å². The zero-order valence-corrected chi connectivity index (χ0v) is 13.8. The first-order valence-corrected chi connectivity index (χ1v) is 7.81. The molecule has 1 heterocycles. The molecule has 3 heteroatoms. The molecule has 0 aromatic carbocycles. The molecule has 0 aromatic rings. The lowest BCUT2D eigenvalue weighted by Crippen LogP contribution is -2.44. The zero-order chi connectivity index (χ0) is 14.8. The van der Waals surface area contributed by atoms with Crippen molar-refractivity contribution in [3.63, 3.8) is 0 Å². The van der Waals surface area contributed by atoms with Gasteiger partial charge in [-0.15, -0.1) is 0 Å². The SMILES string of the molecule is CCC1(C)NC(CC(C)C)N(C(C)CC(C)C)C1=O. The Hall–Kier alpha value is -0.570. The number of hydrogen-bond acceptors (Lipinski definition) is 2. The van der Waals surface area contributed by atoms with Crippen LogP contribution in [0.25, 0.3) is 0 Å². The van der Waals surface area contributed by atoms with Gasteiger partial charge in [0, 0.05) is 6.04 Å². The standard InChI is InChI=1S/C16H32N2O/c1-8-16(7)15(19)18(13(6)9-11(2)3)14(17-16)10-12(4)5/h11-14,17H,8-10H2,1-7H3. The van der Waals surface area contributed by atoms with E-state index >= 15 is 0 Å². The van der Waals surface area contributed by atoms with Crippen molar-refractivity contribution in [1.82, 2.24) is 10.2 Å². The first kappa shape index (κ1) is 16.5. The molecule has 0 saturated carbocycles. The number of nitrogens with zero attached hydrogens (tertiary/aromatic N) is 1. The van der Waals surface area contributed by atoms with Gasteiger partial charge in [-0.1, -0.05) is 34.6 Å². The summed E-state index contributed by atoms with van der Waals surface area (Å²) in [5, 5.41) is 3.58. The van der Waals surface area contributed by atoms with Crippen LogP contribution in [0.4, 0.5) is 0 Å². The summed E-state index contributed by atoms with van der Waals surface area (Å²) in [4.78, 5) is 14.9. The second-order valence-electron chi connectivity index (χ2n) is 7.17. The predicted molar refractivity (Wildman–Crippen MR) is 80.8 cm³/mol. The number of carbonyl (C=O) groups excluding carboxylic acids is 1. The highest BCUT2D eigenvalue weighted by Crippen LogP contribution is 2.30. The maximum absolute atomic E-state index is 12.7. The largest absolute Gasteiger partial charge is 0.323 e. The Morgan fingerprint density at radius 3 is 2.21 bits per heavy atom. The van der Waals surface area contributed by atoms with E-state index in [4.69, 9.17) is 0 Å².